The molecule has 0 unspecified atom stereocenters. The average Bonchev–Trinajstić information content (AvgIpc) is 3.16. The number of hydrogen-bond donors (Lipinski definition) is 1. The Morgan fingerprint density at radius 2 is 1.81 bits per heavy atom. The van der Waals surface area contributed by atoms with Crippen LogP contribution in [0.4, 0.5) is 5.95 Å². The number of nitrogens with one attached hydrogen (secondary N) is 1. The molecule has 0 bridgehead atoms. The highest BCUT2D eigenvalue weighted by molar-refractivity contribution is 6.31. The van der Waals surface area contributed by atoms with Gasteiger partial charge in [-0.25, -0.2) is 10.2 Å². The number of anilines is 1. The lowest BCUT2D eigenvalue weighted by molar-refractivity contribution is 0.414. The van der Waals surface area contributed by atoms with Crippen LogP contribution in [0.1, 0.15) is 11.1 Å². The van der Waals surface area contributed by atoms with Gasteiger partial charge in [-0.05, 0) is 23.8 Å². The van der Waals surface area contributed by atoms with E-state index in [0.29, 0.717) is 16.7 Å². The predicted octanol–water partition coefficient (Wildman–Crippen LogP) is 2.59. The fourth-order valence-electron chi connectivity index (χ4n) is 3.42. The number of benzene rings is 2. The van der Waals surface area contributed by atoms with Crippen LogP contribution in [0.15, 0.2) is 63.2 Å². The Bertz CT molecular complexity index is 1450. The second-order valence-corrected chi connectivity index (χ2v) is 7.51. The summed E-state index contributed by atoms with van der Waals surface area (Å²) in [4.78, 5) is 29.8. The maximum Gasteiger partial charge on any atom is 0.332 e. The monoisotopic (exact) mass is 452 g/mol. The summed E-state index contributed by atoms with van der Waals surface area (Å²) in [5, 5.41) is 4.83. The van der Waals surface area contributed by atoms with Crippen molar-refractivity contribution >= 4 is 34.9 Å². The maximum atomic E-state index is 13.0. The number of imidazole rings is 1. The number of methoxy groups -OCH3 is 1. The number of hydrogen-bond acceptors (Lipinski definition) is 6. The number of para-hydroxylation sites is 1. The molecule has 4 aromatic rings. The predicted molar refractivity (Wildman–Crippen MR) is 125 cm³/mol. The smallest absolute Gasteiger partial charge is 0.332 e. The van der Waals surface area contributed by atoms with Crippen molar-refractivity contribution in [3.63, 3.8) is 0 Å². The first kappa shape index (κ1) is 21.4. The van der Waals surface area contributed by atoms with Gasteiger partial charge in [0.25, 0.3) is 5.56 Å². The molecule has 0 saturated carbocycles. The van der Waals surface area contributed by atoms with Crippen LogP contribution in [0.5, 0.6) is 5.75 Å². The van der Waals surface area contributed by atoms with Crippen molar-refractivity contribution in [2.75, 3.05) is 12.5 Å². The SMILES string of the molecule is COc1ccccc1C=NNc1nc2c(c(=O)n(C)c(=O)n2C)n1Cc1ccccc1Cl. The summed E-state index contributed by atoms with van der Waals surface area (Å²) in [5.74, 6) is 0.961. The minimum absolute atomic E-state index is 0.250. The van der Waals surface area contributed by atoms with Crippen LogP contribution in [0.25, 0.3) is 11.2 Å². The summed E-state index contributed by atoms with van der Waals surface area (Å²) in [6.07, 6.45) is 1.59. The summed E-state index contributed by atoms with van der Waals surface area (Å²) in [7, 11) is 4.59. The van der Waals surface area contributed by atoms with Crippen molar-refractivity contribution < 1.29 is 4.74 Å². The summed E-state index contributed by atoms with van der Waals surface area (Å²) < 4.78 is 9.38. The number of nitrogens with zero attached hydrogens (tertiary/aromatic N) is 5. The van der Waals surface area contributed by atoms with E-state index in [2.05, 4.69) is 15.5 Å². The molecular formula is C22H21ClN6O3. The minimum atomic E-state index is -0.464. The fourth-order valence-corrected chi connectivity index (χ4v) is 3.61. The molecule has 10 heteroatoms. The molecule has 0 spiro atoms. The van der Waals surface area contributed by atoms with Crippen LogP contribution < -0.4 is 21.4 Å². The minimum Gasteiger partial charge on any atom is -0.496 e. The largest absolute Gasteiger partial charge is 0.496 e. The number of rotatable bonds is 6. The van der Waals surface area contributed by atoms with Gasteiger partial charge in [-0.15, -0.1) is 0 Å². The van der Waals surface area contributed by atoms with E-state index < -0.39 is 11.2 Å². The van der Waals surface area contributed by atoms with E-state index >= 15 is 0 Å². The standard InChI is InChI=1S/C22H21ClN6O3/c1-27-19-18(20(30)28(2)22(27)31)29(13-15-9-4-6-10-16(15)23)21(25-19)26-24-12-14-8-5-7-11-17(14)32-3/h4-12H,13H2,1-3H3,(H,25,26). The Kier molecular flexibility index (Phi) is 5.83. The van der Waals surface area contributed by atoms with Gasteiger partial charge in [-0.3, -0.25) is 18.5 Å². The molecule has 0 aliphatic heterocycles. The zero-order valence-corrected chi connectivity index (χ0v) is 18.5. The average molecular weight is 453 g/mol. The Labute approximate surface area is 188 Å². The molecule has 9 nitrogen and oxygen atoms in total. The molecule has 2 aromatic carbocycles. The van der Waals surface area contributed by atoms with Crippen molar-refractivity contribution in [2.45, 2.75) is 6.54 Å². The Morgan fingerprint density at radius 1 is 1.09 bits per heavy atom. The number of ether oxygens (including phenoxy) is 1. The number of fused-ring (bicyclic) bond motifs is 1. The summed E-state index contributed by atoms with van der Waals surface area (Å²) in [6, 6.07) is 14.8. The van der Waals surface area contributed by atoms with Gasteiger partial charge < -0.3 is 4.74 Å². The van der Waals surface area contributed by atoms with Crippen LogP contribution >= 0.6 is 11.6 Å². The van der Waals surface area contributed by atoms with E-state index in [1.807, 2.05) is 42.5 Å². The molecule has 32 heavy (non-hydrogen) atoms. The molecule has 0 aliphatic rings. The molecule has 0 atom stereocenters. The van der Waals surface area contributed by atoms with E-state index in [1.54, 1.807) is 31.0 Å². The van der Waals surface area contributed by atoms with Gasteiger partial charge in [0.15, 0.2) is 11.2 Å². The quantitative estimate of drug-likeness (QED) is 0.358. The molecule has 0 amide bonds. The van der Waals surface area contributed by atoms with E-state index in [4.69, 9.17) is 16.3 Å². The molecule has 0 aliphatic carbocycles. The lowest BCUT2D eigenvalue weighted by atomic mass is 10.2. The molecular weight excluding hydrogens is 432 g/mol. The molecule has 2 aromatic heterocycles. The van der Waals surface area contributed by atoms with Crippen LogP contribution in [-0.2, 0) is 20.6 Å². The molecule has 1 N–H and O–H groups in total. The highest BCUT2D eigenvalue weighted by Gasteiger charge is 2.19. The molecule has 0 radical (unpaired) electrons. The first-order valence-corrected chi connectivity index (χ1v) is 10.1. The Hall–Kier alpha value is -3.85. The second kappa shape index (κ2) is 8.72. The third kappa shape index (κ3) is 3.78. The van der Waals surface area contributed by atoms with Crippen LogP contribution in [-0.4, -0.2) is 32.0 Å². The van der Waals surface area contributed by atoms with Gasteiger partial charge in [0.1, 0.15) is 5.75 Å². The third-order valence-electron chi connectivity index (χ3n) is 5.14. The molecule has 0 saturated heterocycles. The fraction of sp³-hybridized carbons (Fsp3) is 0.182. The number of hydrazone groups is 1. The number of halogens is 1. The zero-order valence-electron chi connectivity index (χ0n) is 17.7. The van der Waals surface area contributed by atoms with Crippen molar-refractivity contribution in [1.29, 1.82) is 0 Å². The zero-order chi connectivity index (χ0) is 22.8. The maximum absolute atomic E-state index is 13.0. The number of aromatic nitrogens is 4. The topological polar surface area (TPSA) is 95.4 Å². The van der Waals surface area contributed by atoms with Gasteiger partial charge in [-0.2, -0.15) is 10.1 Å². The van der Waals surface area contributed by atoms with Gasteiger partial charge in [0.2, 0.25) is 5.95 Å². The highest BCUT2D eigenvalue weighted by atomic mass is 35.5. The van der Waals surface area contributed by atoms with Crippen molar-refractivity contribution in [2.24, 2.45) is 19.2 Å². The van der Waals surface area contributed by atoms with Gasteiger partial charge >= 0.3 is 5.69 Å². The first-order valence-electron chi connectivity index (χ1n) is 9.74. The molecule has 0 fully saturated rings. The molecule has 2 heterocycles. The van der Waals surface area contributed by atoms with Crippen LogP contribution in [0.3, 0.4) is 0 Å². The normalized spacial score (nSPS) is 11.4. The van der Waals surface area contributed by atoms with Crippen molar-refractivity contribution in [3.8, 4) is 5.75 Å². The summed E-state index contributed by atoms with van der Waals surface area (Å²) in [6.45, 7) is 0.260. The van der Waals surface area contributed by atoms with Gasteiger partial charge in [0.05, 0.1) is 19.9 Å². The third-order valence-corrected chi connectivity index (χ3v) is 5.51. The molecule has 4 rings (SSSR count). The first-order chi connectivity index (χ1) is 15.4. The van der Waals surface area contributed by atoms with E-state index in [1.165, 1.54) is 11.6 Å². The van der Waals surface area contributed by atoms with Crippen LogP contribution in [0, 0.1) is 0 Å². The van der Waals surface area contributed by atoms with E-state index in [9.17, 15) is 9.59 Å². The van der Waals surface area contributed by atoms with Gasteiger partial charge in [0, 0.05) is 24.7 Å². The van der Waals surface area contributed by atoms with E-state index in [-0.39, 0.29) is 17.7 Å². The van der Waals surface area contributed by atoms with Gasteiger partial charge in [-0.1, -0.05) is 41.9 Å². The summed E-state index contributed by atoms with van der Waals surface area (Å²) >= 11 is 6.35. The molecule has 164 valence electrons. The number of aryl methyl sites for hydroxylation is 1. The lowest BCUT2D eigenvalue weighted by Crippen LogP contribution is -2.37. The summed E-state index contributed by atoms with van der Waals surface area (Å²) in [5.41, 5.74) is 4.05. The van der Waals surface area contributed by atoms with Crippen molar-refractivity contribution in [3.05, 3.63) is 85.5 Å². The van der Waals surface area contributed by atoms with Crippen LogP contribution in [0.2, 0.25) is 5.02 Å². The highest BCUT2D eigenvalue weighted by Crippen LogP contribution is 2.22. The Morgan fingerprint density at radius 3 is 2.56 bits per heavy atom. The second-order valence-electron chi connectivity index (χ2n) is 7.10. The Balaban J connectivity index is 1.84. The van der Waals surface area contributed by atoms with E-state index in [0.717, 1.165) is 15.7 Å². The lowest BCUT2D eigenvalue weighted by Gasteiger charge is -2.10. The van der Waals surface area contributed by atoms with Crippen molar-refractivity contribution in [1.82, 2.24) is 18.7 Å².